The lowest BCUT2D eigenvalue weighted by Gasteiger charge is -2.22. The quantitative estimate of drug-likeness (QED) is 0.873. The summed E-state index contributed by atoms with van der Waals surface area (Å²) in [7, 11) is 3.52. The molecule has 20 heavy (non-hydrogen) atoms. The highest BCUT2D eigenvalue weighted by Gasteiger charge is 2.19. The topological polar surface area (TPSA) is 41.6 Å². The van der Waals surface area contributed by atoms with Crippen LogP contribution in [0.1, 0.15) is 6.92 Å². The van der Waals surface area contributed by atoms with Gasteiger partial charge in [-0.1, -0.05) is 11.6 Å². The second-order valence-corrected chi connectivity index (χ2v) is 4.61. The minimum atomic E-state index is -0.676. The van der Waals surface area contributed by atoms with Gasteiger partial charge in [-0.3, -0.25) is 4.79 Å². The molecule has 7 heteroatoms. The second kappa shape index (κ2) is 9.00. The summed E-state index contributed by atoms with van der Waals surface area (Å²) in [4.78, 5) is 13.6. The Bertz CT molecular complexity index is 446. The van der Waals surface area contributed by atoms with E-state index in [1.54, 1.807) is 18.9 Å². The number of nitrogens with one attached hydrogen (secondary N) is 1. The molecule has 1 rings (SSSR count). The van der Waals surface area contributed by atoms with Gasteiger partial charge in [0, 0.05) is 20.1 Å². The zero-order chi connectivity index (χ0) is 14.4. The number of halogens is 3. The van der Waals surface area contributed by atoms with Gasteiger partial charge < -0.3 is 15.0 Å². The molecule has 0 saturated heterocycles. The van der Waals surface area contributed by atoms with E-state index in [4.69, 9.17) is 16.3 Å². The lowest BCUT2D eigenvalue weighted by atomic mass is 10.3. The Morgan fingerprint density at radius 2 is 2.20 bits per heavy atom. The van der Waals surface area contributed by atoms with Crippen molar-refractivity contribution in [3.05, 3.63) is 29.0 Å². The molecular formula is C13H19Cl2FN2O2. The zero-order valence-corrected chi connectivity index (χ0v) is 13.2. The van der Waals surface area contributed by atoms with Crippen LogP contribution >= 0.6 is 24.0 Å². The number of hydrogen-bond acceptors (Lipinski definition) is 3. The van der Waals surface area contributed by atoms with Crippen LogP contribution < -0.4 is 10.1 Å². The average molecular weight is 325 g/mol. The molecule has 0 fully saturated rings. The smallest absolute Gasteiger partial charge is 0.263 e. The molecule has 1 aromatic carbocycles. The van der Waals surface area contributed by atoms with E-state index in [0.29, 0.717) is 18.8 Å². The summed E-state index contributed by atoms with van der Waals surface area (Å²) in [6, 6.07) is 3.80. The number of likely N-dealkylation sites (N-methyl/N-ethyl adjacent to an activating group) is 2. The number of ether oxygens (including phenoxy) is 1. The van der Waals surface area contributed by atoms with E-state index >= 15 is 0 Å². The van der Waals surface area contributed by atoms with E-state index in [9.17, 15) is 9.18 Å². The molecule has 0 aliphatic heterocycles. The van der Waals surface area contributed by atoms with Crippen LogP contribution in [0, 0.1) is 5.82 Å². The first-order valence-corrected chi connectivity index (χ1v) is 6.34. The molecule has 4 nitrogen and oxygen atoms in total. The van der Waals surface area contributed by atoms with Crippen LogP contribution in [0.15, 0.2) is 18.2 Å². The average Bonchev–Trinajstić information content (AvgIpc) is 2.38. The van der Waals surface area contributed by atoms with Gasteiger partial charge in [0.1, 0.15) is 11.6 Å². The van der Waals surface area contributed by atoms with Crippen molar-refractivity contribution in [2.45, 2.75) is 13.0 Å². The van der Waals surface area contributed by atoms with Crippen LogP contribution in [0.5, 0.6) is 5.75 Å². The SMILES string of the molecule is CNCCN(C)C(=O)C(C)Oc1ccc(F)cc1Cl.Cl. The molecule has 0 spiro atoms. The number of carbonyl (C=O) groups is 1. The Morgan fingerprint density at radius 1 is 1.55 bits per heavy atom. The molecule has 0 heterocycles. The van der Waals surface area contributed by atoms with Crippen molar-refractivity contribution >= 4 is 29.9 Å². The molecule has 1 amide bonds. The fourth-order valence-electron chi connectivity index (χ4n) is 1.51. The molecule has 1 unspecified atom stereocenters. The van der Waals surface area contributed by atoms with Crippen LogP contribution in [0.3, 0.4) is 0 Å². The van der Waals surface area contributed by atoms with Crippen molar-refractivity contribution in [1.29, 1.82) is 0 Å². The number of hydrogen-bond donors (Lipinski definition) is 1. The van der Waals surface area contributed by atoms with Gasteiger partial charge in [0.15, 0.2) is 6.10 Å². The maximum absolute atomic E-state index is 12.9. The van der Waals surface area contributed by atoms with Crippen molar-refractivity contribution in [1.82, 2.24) is 10.2 Å². The van der Waals surface area contributed by atoms with Crippen molar-refractivity contribution < 1.29 is 13.9 Å². The molecule has 114 valence electrons. The lowest BCUT2D eigenvalue weighted by molar-refractivity contribution is -0.136. The summed E-state index contributed by atoms with van der Waals surface area (Å²) in [5, 5.41) is 3.11. The highest BCUT2D eigenvalue weighted by atomic mass is 35.5. The normalized spacial score (nSPS) is 11.4. The maximum atomic E-state index is 12.9. The van der Waals surface area contributed by atoms with E-state index < -0.39 is 11.9 Å². The summed E-state index contributed by atoms with van der Waals surface area (Å²) < 4.78 is 18.3. The van der Waals surface area contributed by atoms with Crippen molar-refractivity contribution in [2.24, 2.45) is 0 Å². The first-order valence-electron chi connectivity index (χ1n) is 5.97. The highest BCUT2D eigenvalue weighted by Crippen LogP contribution is 2.26. The van der Waals surface area contributed by atoms with Crippen molar-refractivity contribution in [3.8, 4) is 5.75 Å². The molecule has 0 saturated carbocycles. The van der Waals surface area contributed by atoms with E-state index in [0.717, 1.165) is 6.07 Å². The van der Waals surface area contributed by atoms with Gasteiger partial charge in [-0.2, -0.15) is 0 Å². The maximum Gasteiger partial charge on any atom is 0.263 e. The second-order valence-electron chi connectivity index (χ2n) is 4.20. The fraction of sp³-hybridized carbons (Fsp3) is 0.462. The molecule has 1 atom stereocenters. The van der Waals surface area contributed by atoms with Gasteiger partial charge in [-0.15, -0.1) is 12.4 Å². The number of nitrogens with zero attached hydrogens (tertiary/aromatic N) is 1. The minimum absolute atomic E-state index is 0. The van der Waals surface area contributed by atoms with E-state index in [1.807, 2.05) is 7.05 Å². The molecule has 0 aliphatic rings. The number of carbonyl (C=O) groups excluding carboxylic acids is 1. The van der Waals surface area contributed by atoms with E-state index in [2.05, 4.69) is 5.32 Å². The van der Waals surface area contributed by atoms with Crippen LogP contribution in [0.4, 0.5) is 4.39 Å². The van der Waals surface area contributed by atoms with E-state index in [1.165, 1.54) is 12.1 Å². The fourth-order valence-corrected chi connectivity index (χ4v) is 1.72. The summed E-state index contributed by atoms with van der Waals surface area (Å²) in [5.74, 6) is -0.302. The Kier molecular flexibility index (Phi) is 8.53. The van der Waals surface area contributed by atoms with Gasteiger partial charge in [0.2, 0.25) is 0 Å². The first kappa shape index (κ1) is 19.0. The van der Waals surface area contributed by atoms with E-state index in [-0.39, 0.29) is 23.3 Å². The molecule has 1 aromatic rings. The Morgan fingerprint density at radius 3 is 2.75 bits per heavy atom. The molecular weight excluding hydrogens is 306 g/mol. The first-order chi connectivity index (χ1) is 8.95. The third-order valence-corrected chi connectivity index (χ3v) is 2.91. The summed E-state index contributed by atoms with van der Waals surface area (Å²) in [5.41, 5.74) is 0. The van der Waals surface area contributed by atoms with Crippen LogP contribution in [-0.2, 0) is 4.79 Å². The lowest BCUT2D eigenvalue weighted by Crippen LogP contribution is -2.40. The van der Waals surface area contributed by atoms with Crippen LogP contribution in [0.2, 0.25) is 5.02 Å². The van der Waals surface area contributed by atoms with Gasteiger partial charge in [0.05, 0.1) is 5.02 Å². The monoisotopic (exact) mass is 324 g/mol. The highest BCUT2D eigenvalue weighted by molar-refractivity contribution is 6.32. The zero-order valence-electron chi connectivity index (χ0n) is 11.7. The standard InChI is InChI=1S/C13H18ClFN2O2.ClH/c1-9(13(18)17(3)7-6-16-2)19-12-5-4-10(15)8-11(12)14;/h4-5,8-9,16H,6-7H2,1-3H3;1H. The molecule has 1 N–H and O–H groups in total. The predicted octanol–water partition coefficient (Wildman–Crippen LogP) is 2.35. The number of amides is 1. The third-order valence-electron chi connectivity index (χ3n) is 2.62. The predicted molar refractivity (Wildman–Crippen MR) is 80.3 cm³/mol. The Hall–Kier alpha value is -1.04. The van der Waals surface area contributed by atoms with Gasteiger partial charge in [-0.05, 0) is 32.2 Å². The largest absolute Gasteiger partial charge is 0.479 e. The molecule has 0 bridgehead atoms. The van der Waals surface area contributed by atoms with Gasteiger partial charge >= 0.3 is 0 Å². The van der Waals surface area contributed by atoms with Crippen LogP contribution in [0.25, 0.3) is 0 Å². The molecule has 0 aliphatic carbocycles. The minimum Gasteiger partial charge on any atom is -0.479 e. The number of benzene rings is 1. The molecule has 0 radical (unpaired) electrons. The number of rotatable bonds is 6. The van der Waals surface area contributed by atoms with Crippen LogP contribution in [-0.4, -0.2) is 44.1 Å². The Balaban J connectivity index is 0.00000361. The van der Waals surface area contributed by atoms with Crippen molar-refractivity contribution in [2.75, 3.05) is 27.2 Å². The van der Waals surface area contributed by atoms with Gasteiger partial charge in [-0.25, -0.2) is 4.39 Å². The third kappa shape index (κ3) is 5.53. The summed E-state index contributed by atoms with van der Waals surface area (Å²) in [6.07, 6.45) is -0.676. The Labute approximate surface area is 129 Å². The van der Waals surface area contributed by atoms with Gasteiger partial charge in [0.25, 0.3) is 5.91 Å². The molecule has 0 aromatic heterocycles. The summed E-state index contributed by atoms with van der Waals surface area (Å²) in [6.45, 7) is 2.92. The van der Waals surface area contributed by atoms with Crippen molar-refractivity contribution in [3.63, 3.8) is 0 Å². The summed E-state index contributed by atoms with van der Waals surface area (Å²) >= 11 is 5.84.